The number of nitrogens with one attached hydrogen (secondary N) is 1. The molecule has 6 heteroatoms. The first-order chi connectivity index (χ1) is 13.1. The van der Waals surface area contributed by atoms with Crippen LogP contribution in [0.3, 0.4) is 0 Å². The van der Waals surface area contributed by atoms with Crippen LogP contribution in [0.25, 0.3) is 0 Å². The van der Waals surface area contributed by atoms with Crippen molar-refractivity contribution in [2.24, 2.45) is 0 Å². The summed E-state index contributed by atoms with van der Waals surface area (Å²) in [5.74, 6) is -0.583. The molecule has 2 amide bonds. The van der Waals surface area contributed by atoms with Gasteiger partial charge in [-0.05, 0) is 42.0 Å². The first-order valence-corrected chi connectivity index (χ1v) is 8.45. The van der Waals surface area contributed by atoms with Crippen molar-refractivity contribution in [3.05, 3.63) is 95.2 Å². The third-order valence-electron chi connectivity index (χ3n) is 4.13. The monoisotopic (exact) mass is 366 g/mol. The summed E-state index contributed by atoms with van der Waals surface area (Å²) in [6, 6.07) is 16.3. The van der Waals surface area contributed by atoms with Crippen molar-refractivity contribution in [3.63, 3.8) is 0 Å². The van der Waals surface area contributed by atoms with Crippen LogP contribution in [0, 0.1) is 5.82 Å². The van der Waals surface area contributed by atoms with Crippen molar-refractivity contribution >= 4 is 11.8 Å². The highest BCUT2D eigenvalue weighted by molar-refractivity contribution is 5.95. The number of benzene rings is 2. The van der Waals surface area contributed by atoms with Crippen molar-refractivity contribution in [2.45, 2.75) is 13.1 Å². The molecule has 0 aliphatic carbocycles. The van der Waals surface area contributed by atoms with Gasteiger partial charge < -0.3 is 14.6 Å². The zero-order valence-electron chi connectivity index (χ0n) is 14.8. The number of carbonyl (C=O) groups is 2. The van der Waals surface area contributed by atoms with Crippen molar-refractivity contribution in [1.29, 1.82) is 0 Å². The number of amides is 2. The molecule has 0 bridgehead atoms. The second-order valence-corrected chi connectivity index (χ2v) is 6.00. The molecule has 27 heavy (non-hydrogen) atoms. The van der Waals surface area contributed by atoms with Gasteiger partial charge in [-0.1, -0.05) is 24.3 Å². The van der Waals surface area contributed by atoms with Gasteiger partial charge >= 0.3 is 0 Å². The summed E-state index contributed by atoms with van der Waals surface area (Å²) in [7, 11) is 1.56. The van der Waals surface area contributed by atoms with Gasteiger partial charge in [-0.3, -0.25) is 9.59 Å². The maximum atomic E-state index is 14.1. The topological polar surface area (TPSA) is 62.6 Å². The van der Waals surface area contributed by atoms with Crippen LogP contribution in [0.1, 0.15) is 32.0 Å². The highest BCUT2D eigenvalue weighted by atomic mass is 19.1. The summed E-state index contributed by atoms with van der Waals surface area (Å²) in [4.78, 5) is 26.1. The Morgan fingerprint density at radius 1 is 1.00 bits per heavy atom. The third kappa shape index (κ3) is 4.41. The average Bonchev–Trinajstić information content (AvgIpc) is 3.20. The Morgan fingerprint density at radius 2 is 1.74 bits per heavy atom. The molecular formula is C21H19FN2O3. The summed E-state index contributed by atoms with van der Waals surface area (Å²) < 4.78 is 19.4. The predicted octanol–water partition coefficient (Wildman–Crippen LogP) is 3.62. The molecule has 1 heterocycles. The molecule has 5 nitrogen and oxygen atoms in total. The molecule has 138 valence electrons. The quantitative estimate of drug-likeness (QED) is 0.725. The van der Waals surface area contributed by atoms with Gasteiger partial charge in [0.1, 0.15) is 11.6 Å². The molecule has 2 aromatic carbocycles. The van der Waals surface area contributed by atoms with E-state index < -0.39 is 11.7 Å². The molecule has 0 spiro atoms. The van der Waals surface area contributed by atoms with Crippen LogP contribution in [0.2, 0.25) is 0 Å². The van der Waals surface area contributed by atoms with E-state index in [1.165, 1.54) is 23.3 Å². The Bertz CT molecular complexity index is 921. The number of hydrogen-bond donors (Lipinski definition) is 1. The van der Waals surface area contributed by atoms with Gasteiger partial charge in [0.15, 0.2) is 0 Å². The lowest BCUT2D eigenvalue weighted by Crippen LogP contribution is -2.30. The standard InChI is InChI=1S/C21H19FN2O3/c1-23-20(25)16-10-8-15(9-11-16)13-24(14-17-5-4-12-27-17)21(26)18-6-2-3-7-19(18)22/h2-12H,13-14H2,1H3,(H,23,25). The number of rotatable bonds is 6. The van der Waals surface area contributed by atoms with Crippen LogP contribution in [-0.2, 0) is 13.1 Å². The van der Waals surface area contributed by atoms with Crippen molar-refractivity contribution in [3.8, 4) is 0 Å². The zero-order valence-corrected chi connectivity index (χ0v) is 14.8. The van der Waals surface area contributed by atoms with Crippen molar-refractivity contribution in [1.82, 2.24) is 10.2 Å². The molecule has 0 unspecified atom stereocenters. The Labute approximate surface area is 156 Å². The fourth-order valence-electron chi connectivity index (χ4n) is 2.72. The molecule has 0 radical (unpaired) electrons. The van der Waals surface area contributed by atoms with E-state index in [1.807, 2.05) is 0 Å². The Hall–Kier alpha value is -3.41. The first kappa shape index (κ1) is 18.4. The van der Waals surface area contributed by atoms with Crippen molar-refractivity contribution < 1.29 is 18.4 Å². The van der Waals surface area contributed by atoms with E-state index in [2.05, 4.69) is 5.32 Å². The lowest BCUT2D eigenvalue weighted by atomic mass is 10.1. The van der Waals surface area contributed by atoms with E-state index in [1.54, 1.807) is 55.6 Å². The minimum absolute atomic E-state index is 0.00559. The predicted molar refractivity (Wildman–Crippen MR) is 98.5 cm³/mol. The van der Waals surface area contributed by atoms with Gasteiger partial charge in [0, 0.05) is 19.2 Å². The Balaban J connectivity index is 1.85. The van der Waals surface area contributed by atoms with Crippen LogP contribution in [0.5, 0.6) is 0 Å². The molecule has 0 saturated carbocycles. The second-order valence-electron chi connectivity index (χ2n) is 6.00. The van der Waals surface area contributed by atoms with E-state index in [9.17, 15) is 14.0 Å². The highest BCUT2D eigenvalue weighted by Gasteiger charge is 2.20. The molecular weight excluding hydrogens is 347 g/mol. The number of hydrogen-bond acceptors (Lipinski definition) is 3. The van der Waals surface area contributed by atoms with E-state index in [0.29, 0.717) is 11.3 Å². The summed E-state index contributed by atoms with van der Waals surface area (Å²) in [5, 5.41) is 2.56. The maximum Gasteiger partial charge on any atom is 0.257 e. The third-order valence-corrected chi connectivity index (χ3v) is 4.13. The van der Waals surface area contributed by atoms with E-state index in [-0.39, 0.29) is 24.6 Å². The number of furan rings is 1. The smallest absolute Gasteiger partial charge is 0.257 e. The lowest BCUT2D eigenvalue weighted by molar-refractivity contribution is 0.0712. The zero-order chi connectivity index (χ0) is 19.2. The van der Waals surface area contributed by atoms with Gasteiger partial charge in [-0.2, -0.15) is 0 Å². The van der Waals surface area contributed by atoms with Crippen LogP contribution in [-0.4, -0.2) is 23.8 Å². The second kappa shape index (κ2) is 8.31. The van der Waals surface area contributed by atoms with Crippen LogP contribution < -0.4 is 5.32 Å². The van der Waals surface area contributed by atoms with Crippen LogP contribution in [0.4, 0.5) is 4.39 Å². The van der Waals surface area contributed by atoms with Gasteiger partial charge in [0.25, 0.3) is 11.8 Å². The van der Waals surface area contributed by atoms with Gasteiger partial charge in [-0.25, -0.2) is 4.39 Å². The van der Waals surface area contributed by atoms with E-state index in [0.717, 1.165) is 5.56 Å². The Kier molecular flexibility index (Phi) is 5.66. The van der Waals surface area contributed by atoms with Gasteiger partial charge in [0.2, 0.25) is 0 Å². The minimum atomic E-state index is -0.568. The lowest BCUT2D eigenvalue weighted by Gasteiger charge is -2.22. The minimum Gasteiger partial charge on any atom is -0.467 e. The number of halogens is 1. The summed E-state index contributed by atoms with van der Waals surface area (Å²) in [6.07, 6.45) is 1.53. The molecule has 0 atom stereocenters. The molecule has 1 aromatic heterocycles. The molecule has 3 rings (SSSR count). The molecule has 0 fully saturated rings. The van der Waals surface area contributed by atoms with Crippen LogP contribution >= 0.6 is 0 Å². The van der Waals surface area contributed by atoms with Gasteiger partial charge in [0.05, 0.1) is 18.4 Å². The fraction of sp³-hybridized carbons (Fsp3) is 0.143. The first-order valence-electron chi connectivity index (χ1n) is 8.45. The maximum absolute atomic E-state index is 14.1. The number of carbonyl (C=O) groups excluding carboxylic acids is 2. The Morgan fingerprint density at radius 3 is 2.37 bits per heavy atom. The SMILES string of the molecule is CNC(=O)c1ccc(CN(Cc2ccco2)C(=O)c2ccccc2F)cc1. The van der Waals surface area contributed by atoms with E-state index >= 15 is 0 Å². The molecule has 0 aliphatic rings. The molecule has 0 saturated heterocycles. The largest absolute Gasteiger partial charge is 0.467 e. The molecule has 1 N–H and O–H groups in total. The molecule has 0 aliphatic heterocycles. The average molecular weight is 366 g/mol. The van der Waals surface area contributed by atoms with Gasteiger partial charge in [-0.15, -0.1) is 0 Å². The summed E-state index contributed by atoms with van der Waals surface area (Å²) in [5.41, 5.74) is 1.35. The number of nitrogens with zero attached hydrogens (tertiary/aromatic N) is 1. The molecule has 3 aromatic rings. The highest BCUT2D eigenvalue weighted by Crippen LogP contribution is 2.17. The van der Waals surface area contributed by atoms with E-state index in [4.69, 9.17) is 4.42 Å². The summed E-state index contributed by atoms with van der Waals surface area (Å²) in [6.45, 7) is 0.458. The normalized spacial score (nSPS) is 10.4. The van der Waals surface area contributed by atoms with Crippen LogP contribution in [0.15, 0.2) is 71.3 Å². The summed E-state index contributed by atoms with van der Waals surface area (Å²) >= 11 is 0. The van der Waals surface area contributed by atoms with Crippen molar-refractivity contribution in [2.75, 3.05) is 7.05 Å². The fourth-order valence-corrected chi connectivity index (χ4v) is 2.72.